The Kier molecular flexibility index (Phi) is 6.88. The van der Waals surface area contributed by atoms with Gasteiger partial charge in [-0.1, -0.05) is 19.8 Å². The van der Waals surface area contributed by atoms with E-state index in [1.165, 1.54) is 37.1 Å². The van der Waals surface area contributed by atoms with E-state index in [-0.39, 0.29) is 0 Å². The van der Waals surface area contributed by atoms with Gasteiger partial charge in [0.25, 0.3) is 0 Å². The van der Waals surface area contributed by atoms with Gasteiger partial charge in [0.05, 0.1) is 0 Å². The summed E-state index contributed by atoms with van der Waals surface area (Å²) in [6, 6.07) is 0. The van der Waals surface area contributed by atoms with E-state index in [4.69, 9.17) is 12.2 Å². The Hall–Kier alpha value is -0.220. The van der Waals surface area contributed by atoms with Gasteiger partial charge < -0.3 is 9.55 Å². The molecule has 0 spiro atoms. The quantitative estimate of drug-likeness (QED) is 0.561. The van der Waals surface area contributed by atoms with Crippen molar-refractivity contribution in [1.82, 2.24) is 9.55 Å². The molecule has 4 heteroatoms. The van der Waals surface area contributed by atoms with E-state index in [0.29, 0.717) is 0 Å². The Morgan fingerprint density at radius 2 is 2.06 bits per heavy atom. The second-order valence-electron chi connectivity index (χ2n) is 4.00. The number of hydrogen-bond donors (Lipinski definition) is 1. The molecule has 0 atom stereocenters. The van der Waals surface area contributed by atoms with Crippen LogP contribution in [0.4, 0.5) is 0 Å². The molecule has 1 heterocycles. The van der Waals surface area contributed by atoms with Crippen molar-refractivity contribution in [1.29, 1.82) is 0 Å². The predicted octanol–water partition coefficient (Wildman–Crippen LogP) is 4.03. The maximum atomic E-state index is 5.26. The van der Waals surface area contributed by atoms with Gasteiger partial charge in [-0.05, 0) is 43.5 Å². The Balaban J connectivity index is 2.26. The smallest absolute Gasteiger partial charge is 0.177 e. The molecule has 0 fully saturated rings. The highest BCUT2D eigenvalue weighted by Crippen LogP contribution is 2.08. The van der Waals surface area contributed by atoms with Crippen LogP contribution in [0.15, 0.2) is 6.20 Å². The topological polar surface area (TPSA) is 20.7 Å². The molecule has 0 unspecified atom stereocenters. The molecule has 16 heavy (non-hydrogen) atoms. The molecule has 1 aromatic rings. The lowest BCUT2D eigenvalue weighted by Gasteiger charge is -2.06. The van der Waals surface area contributed by atoms with Crippen molar-refractivity contribution in [3.05, 3.63) is 16.7 Å². The minimum atomic E-state index is 0.876. The fourth-order valence-corrected chi connectivity index (χ4v) is 2.60. The molecular weight excluding hydrogens is 236 g/mol. The van der Waals surface area contributed by atoms with Crippen molar-refractivity contribution >= 4 is 24.0 Å². The third kappa shape index (κ3) is 4.34. The predicted molar refractivity (Wildman–Crippen MR) is 75.8 cm³/mol. The molecule has 0 aliphatic carbocycles. The number of aryl methyl sites for hydroxylation is 1. The number of rotatable bonds is 8. The standard InChI is InChI=1S/C12H22N2S2/c1-3-11-10-13-12(15)14(11)8-6-4-5-7-9-16-2/h10H,3-9H2,1-2H3,(H,13,15). The summed E-state index contributed by atoms with van der Waals surface area (Å²) >= 11 is 7.20. The summed E-state index contributed by atoms with van der Waals surface area (Å²) in [6.07, 6.45) is 10.5. The van der Waals surface area contributed by atoms with Crippen molar-refractivity contribution < 1.29 is 0 Å². The van der Waals surface area contributed by atoms with Gasteiger partial charge in [0.15, 0.2) is 4.77 Å². The highest BCUT2D eigenvalue weighted by molar-refractivity contribution is 7.98. The van der Waals surface area contributed by atoms with Crippen LogP contribution in [0.5, 0.6) is 0 Å². The zero-order chi connectivity index (χ0) is 11.8. The maximum Gasteiger partial charge on any atom is 0.177 e. The lowest BCUT2D eigenvalue weighted by Crippen LogP contribution is -2.02. The van der Waals surface area contributed by atoms with E-state index in [1.54, 1.807) is 0 Å². The molecule has 0 aliphatic rings. The fourth-order valence-electron chi connectivity index (χ4n) is 1.84. The zero-order valence-corrected chi connectivity index (χ0v) is 11.9. The molecule has 0 aromatic carbocycles. The van der Waals surface area contributed by atoms with E-state index >= 15 is 0 Å². The molecule has 2 nitrogen and oxygen atoms in total. The average Bonchev–Trinajstić information content (AvgIpc) is 2.65. The van der Waals surface area contributed by atoms with Crippen LogP contribution in [0.25, 0.3) is 0 Å². The summed E-state index contributed by atoms with van der Waals surface area (Å²) in [5.41, 5.74) is 1.33. The van der Waals surface area contributed by atoms with Gasteiger partial charge in [-0.3, -0.25) is 0 Å². The molecule has 0 saturated heterocycles. The van der Waals surface area contributed by atoms with Crippen LogP contribution in [0, 0.1) is 4.77 Å². The first kappa shape index (κ1) is 13.8. The molecule has 0 aliphatic heterocycles. The van der Waals surface area contributed by atoms with Crippen molar-refractivity contribution in [3.63, 3.8) is 0 Å². The van der Waals surface area contributed by atoms with Gasteiger partial charge in [0.1, 0.15) is 0 Å². The first-order valence-corrected chi connectivity index (χ1v) is 7.85. The summed E-state index contributed by atoms with van der Waals surface area (Å²) in [5.74, 6) is 1.30. The number of thioether (sulfide) groups is 1. The molecule has 1 aromatic heterocycles. The molecule has 0 bridgehead atoms. The monoisotopic (exact) mass is 258 g/mol. The molecule has 0 amide bonds. The van der Waals surface area contributed by atoms with Crippen LogP contribution in [-0.2, 0) is 13.0 Å². The first-order chi connectivity index (χ1) is 7.79. The molecule has 0 radical (unpaired) electrons. The van der Waals surface area contributed by atoms with Gasteiger partial charge in [0, 0.05) is 18.4 Å². The van der Waals surface area contributed by atoms with Gasteiger partial charge in [0.2, 0.25) is 0 Å². The second kappa shape index (κ2) is 7.96. The van der Waals surface area contributed by atoms with E-state index < -0.39 is 0 Å². The largest absolute Gasteiger partial charge is 0.337 e. The molecule has 0 saturated carbocycles. The number of aromatic amines is 1. The fraction of sp³-hybridized carbons (Fsp3) is 0.750. The van der Waals surface area contributed by atoms with Crippen LogP contribution in [0.3, 0.4) is 0 Å². The number of nitrogens with one attached hydrogen (secondary N) is 1. The molecular formula is C12H22N2S2. The Bertz CT molecular complexity index is 341. The van der Waals surface area contributed by atoms with Crippen molar-refractivity contribution in [2.24, 2.45) is 0 Å². The Morgan fingerprint density at radius 3 is 2.75 bits per heavy atom. The van der Waals surface area contributed by atoms with Gasteiger partial charge in [-0.2, -0.15) is 11.8 Å². The summed E-state index contributed by atoms with van der Waals surface area (Å²) in [4.78, 5) is 3.12. The number of nitrogens with zero attached hydrogens (tertiary/aromatic N) is 1. The highest BCUT2D eigenvalue weighted by atomic mass is 32.2. The third-order valence-corrected chi connectivity index (χ3v) is 3.83. The van der Waals surface area contributed by atoms with Crippen molar-refractivity contribution in [2.75, 3.05) is 12.0 Å². The lowest BCUT2D eigenvalue weighted by atomic mass is 10.2. The first-order valence-electron chi connectivity index (χ1n) is 6.05. The zero-order valence-electron chi connectivity index (χ0n) is 10.3. The van der Waals surface area contributed by atoms with Crippen LogP contribution >= 0.6 is 24.0 Å². The SMILES string of the molecule is CCc1c[nH]c(=S)n1CCCCCCSC. The van der Waals surface area contributed by atoms with Crippen molar-refractivity contribution in [3.8, 4) is 0 Å². The number of imidazole rings is 1. The van der Waals surface area contributed by atoms with E-state index in [9.17, 15) is 0 Å². The van der Waals surface area contributed by atoms with Crippen molar-refractivity contribution in [2.45, 2.75) is 45.6 Å². The number of hydrogen-bond acceptors (Lipinski definition) is 2. The van der Waals surface area contributed by atoms with Crippen LogP contribution in [-0.4, -0.2) is 21.6 Å². The molecule has 1 rings (SSSR count). The van der Waals surface area contributed by atoms with E-state index in [0.717, 1.165) is 17.7 Å². The van der Waals surface area contributed by atoms with Gasteiger partial charge in [-0.15, -0.1) is 0 Å². The lowest BCUT2D eigenvalue weighted by molar-refractivity contribution is 0.566. The summed E-state index contributed by atoms with van der Waals surface area (Å²) in [7, 11) is 0. The number of aromatic nitrogens is 2. The van der Waals surface area contributed by atoms with Gasteiger partial charge in [-0.25, -0.2) is 0 Å². The van der Waals surface area contributed by atoms with Crippen LogP contribution < -0.4 is 0 Å². The second-order valence-corrected chi connectivity index (χ2v) is 5.37. The Morgan fingerprint density at radius 1 is 1.31 bits per heavy atom. The van der Waals surface area contributed by atoms with E-state index in [1.807, 2.05) is 18.0 Å². The number of unbranched alkanes of at least 4 members (excludes halogenated alkanes) is 3. The Labute approximate surface area is 108 Å². The van der Waals surface area contributed by atoms with Gasteiger partial charge >= 0.3 is 0 Å². The summed E-state index contributed by atoms with van der Waals surface area (Å²) in [5, 5.41) is 0. The normalized spacial score (nSPS) is 10.9. The summed E-state index contributed by atoms with van der Waals surface area (Å²) < 4.78 is 3.12. The minimum absolute atomic E-state index is 0.876. The molecule has 92 valence electrons. The number of H-pyrrole nitrogens is 1. The minimum Gasteiger partial charge on any atom is -0.337 e. The summed E-state index contributed by atoms with van der Waals surface area (Å²) in [6.45, 7) is 3.25. The third-order valence-electron chi connectivity index (χ3n) is 2.80. The highest BCUT2D eigenvalue weighted by Gasteiger charge is 2.00. The van der Waals surface area contributed by atoms with E-state index in [2.05, 4.69) is 22.7 Å². The average molecular weight is 258 g/mol. The van der Waals surface area contributed by atoms with Crippen LogP contribution in [0.1, 0.15) is 38.3 Å². The maximum absolute atomic E-state index is 5.26. The van der Waals surface area contributed by atoms with Crippen LogP contribution in [0.2, 0.25) is 0 Å². The molecule has 1 N–H and O–H groups in total.